The van der Waals surface area contributed by atoms with E-state index in [0.717, 1.165) is 102 Å². The summed E-state index contributed by atoms with van der Waals surface area (Å²) in [5.41, 5.74) is 22.2. The minimum Gasteiger partial charge on any atom is -0.392 e. The average molecular weight is 641 g/mol. The normalized spacial score (nSPS) is 13.3. The smallest absolute Gasteiger partial charge is 0.0772 e. The number of aliphatic hydroxyl groups excluding tert-OH is 1. The topological polar surface area (TPSA) is 77.6 Å². The number of aryl methyl sites for hydroxylation is 4. The summed E-state index contributed by atoms with van der Waals surface area (Å²) in [6.07, 6.45) is 7.30. The lowest BCUT2D eigenvalue weighted by Crippen LogP contribution is -1.98. The van der Waals surface area contributed by atoms with Gasteiger partial charge in [-0.05, 0) is 125 Å². The number of nitrogens with zero attached hydrogens (tertiary/aromatic N) is 2. The Kier molecular flexibility index (Phi) is 9.89. The third kappa shape index (κ3) is 5.46. The van der Waals surface area contributed by atoms with Crippen LogP contribution in [0.15, 0.2) is 42.5 Å². The molecular formula is C43H52N4O. The molecule has 5 heterocycles. The highest BCUT2D eigenvalue weighted by Crippen LogP contribution is 2.46. The maximum Gasteiger partial charge on any atom is 0.0772 e. The molecule has 3 aromatic heterocycles. The van der Waals surface area contributed by atoms with Crippen molar-refractivity contribution in [2.75, 3.05) is 0 Å². The van der Waals surface area contributed by atoms with E-state index in [2.05, 4.69) is 95.7 Å². The van der Waals surface area contributed by atoms with Crippen LogP contribution >= 0.6 is 0 Å². The Morgan fingerprint density at radius 1 is 0.500 bits per heavy atom. The first-order valence-corrected chi connectivity index (χ1v) is 18.4. The predicted molar refractivity (Wildman–Crippen MR) is 205 cm³/mol. The van der Waals surface area contributed by atoms with Crippen molar-refractivity contribution in [3.8, 4) is 11.1 Å². The van der Waals surface area contributed by atoms with Gasteiger partial charge in [0, 0.05) is 27.6 Å². The van der Waals surface area contributed by atoms with Crippen LogP contribution in [-0.2, 0) is 32.3 Å². The van der Waals surface area contributed by atoms with E-state index < -0.39 is 0 Å². The number of hydrogen-bond donors (Lipinski definition) is 3. The molecule has 3 N–H and O–H groups in total. The molecule has 5 heteroatoms. The zero-order valence-electron chi connectivity index (χ0n) is 30.2. The molecule has 250 valence electrons. The van der Waals surface area contributed by atoms with Crippen LogP contribution in [-0.4, -0.2) is 25.0 Å². The Balaban J connectivity index is 1.95. The van der Waals surface area contributed by atoms with Crippen molar-refractivity contribution < 1.29 is 5.11 Å². The van der Waals surface area contributed by atoms with Crippen molar-refractivity contribution in [1.82, 2.24) is 19.9 Å². The third-order valence-corrected chi connectivity index (χ3v) is 10.6. The van der Waals surface area contributed by atoms with Crippen LogP contribution in [0.2, 0.25) is 0 Å². The van der Waals surface area contributed by atoms with Crippen LogP contribution in [0.5, 0.6) is 0 Å². The summed E-state index contributed by atoms with van der Waals surface area (Å²) < 4.78 is 0. The number of H-pyrrole nitrogens is 2. The molecule has 0 aliphatic carbocycles. The van der Waals surface area contributed by atoms with E-state index in [1.54, 1.807) is 0 Å². The molecule has 48 heavy (non-hydrogen) atoms. The average Bonchev–Trinajstić information content (AvgIpc) is 3.84. The van der Waals surface area contributed by atoms with Gasteiger partial charge in [-0.15, -0.1) is 0 Å². The molecule has 1 aromatic carbocycles. The fraction of sp³-hybridized carbons (Fsp3) is 0.395. The van der Waals surface area contributed by atoms with Crippen LogP contribution in [0.25, 0.3) is 55.5 Å². The Hall–Kier alpha value is -4.22. The third-order valence-electron chi connectivity index (χ3n) is 10.6. The standard InChI is InChI=1S/C43H52N4O/c1-9-26-28(11-3)37-22-39-30(13-5)32(15-7)42(46-39)41(34-20-18-17-19-25(34)24-48)43-33(16-8)31(14-6)40(47-43)23-38-29(12-4)27(10-2)36(45-38)21-35(26)44-37/h17-23,44-45,48H,9-16,24H2,1-8H3. The van der Waals surface area contributed by atoms with Crippen molar-refractivity contribution in [3.05, 3.63) is 93.1 Å². The van der Waals surface area contributed by atoms with Crippen LogP contribution < -0.4 is 0 Å². The van der Waals surface area contributed by atoms with E-state index in [1.807, 2.05) is 12.1 Å². The largest absolute Gasteiger partial charge is 0.392 e. The molecule has 0 spiro atoms. The Bertz CT molecular complexity index is 1980. The van der Waals surface area contributed by atoms with Gasteiger partial charge in [0.2, 0.25) is 0 Å². The maximum absolute atomic E-state index is 10.6. The van der Waals surface area contributed by atoms with Gasteiger partial charge in [0.15, 0.2) is 0 Å². The van der Waals surface area contributed by atoms with Gasteiger partial charge in [-0.3, -0.25) is 0 Å². The maximum atomic E-state index is 10.6. The SMILES string of the molecule is CCC1=C(CC)c2nc1cc1[nH]c(cc3[nH]c(cc4nc(c2-c2ccccc2CO)C(CC)=C4CC)c(CC)c3CC)c(CC)c1CC. The molecule has 0 unspecified atom stereocenters. The predicted octanol–water partition coefficient (Wildman–Crippen LogP) is 11.2. The molecule has 0 saturated carbocycles. The number of allylic oxidation sites excluding steroid dienone is 4. The van der Waals surface area contributed by atoms with Gasteiger partial charge in [0.25, 0.3) is 0 Å². The second-order valence-corrected chi connectivity index (χ2v) is 12.9. The molecule has 0 saturated heterocycles. The molecular weight excluding hydrogens is 589 g/mol. The number of rotatable bonds is 10. The Morgan fingerprint density at radius 2 is 0.896 bits per heavy atom. The van der Waals surface area contributed by atoms with Gasteiger partial charge < -0.3 is 15.1 Å². The Morgan fingerprint density at radius 3 is 1.27 bits per heavy atom. The molecule has 0 amide bonds. The van der Waals surface area contributed by atoms with Gasteiger partial charge in [-0.25, -0.2) is 9.97 Å². The van der Waals surface area contributed by atoms with Gasteiger partial charge in [-0.2, -0.15) is 0 Å². The summed E-state index contributed by atoms with van der Waals surface area (Å²) in [5.74, 6) is 0. The van der Waals surface area contributed by atoms with E-state index in [1.165, 1.54) is 55.6 Å². The molecule has 0 atom stereocenters. The van der Waals surface area contributed by atoms with Gasteiger partial charge in [0.05, 0.1) is 29.4 Å². The van der Waals surface area contributed by atoms with Crippen LogP contribution in [0, 0.1) is 0 Å². The fourth-order valence-electron chi connectivity index (χ4n) is 8.35. The van der Waals surface area contributed by atoms with Crippen molar-refractivity contribution in [2.45, 2.75) is 113 Å². The van der Waals surface area contributed by atoms with Gasteiger partial charge in [-0.1, -0.05) is 79.7 Å². The lowest BCUT2D eigenvalue weighted by atomic mass is 9.89. The number of aliphatic hydroxyl groups is 1. The van der Waals surface area contributed by atoms with E-state index in [0.29, 0.717) is 0 Å². The van der Waals surface area contributed by atoms with Crippen LogP contribution in [0.1, 0.15) is 132 Å². The lowest BCUT2D eigenvalue weighted by molar-refractivity contribution is 0.282. The minimum atomic E-state index is -0.0461. The van der Waals surface area contributed by atoms with Gasteiger partial charge in [0.1, 0.15) is 0 Å². The molecule has 5 nitrogen and oxygen atoms in total. The number of aromatic nitrogens is 4. The first kappa shape index (κ1) is 33.7. The van der Waals surface area contributed by atoms with E-state index in [9.17, 15) is 5.11 Å². The highest BCUT2D eigenvalue weighted by Gasteiger charge is 2.28. The number of benzene rings is 1. The Labute approximate surface area is 286 Å². The highest BCUT2D eigenvalue weighted by atomic mass is 16.3. The van der Waals surface area contributed by atoms with Crippen LogP contribution in [0.3, 0.4) is 0 Å². The monoisotopic (exact) mass is 640 g/mol. The van der Waals surface area contributed by atoms with E-state index in [4.69, 9.17) is 9.97 Å². The summed E-state index contributed by atoms with van der Waals surface area (Å²) >= 11 is 0. The second kappa shape index (κ2) is 14.1. The van der Waals surface area contributed by atoms with Crippen molar-refractivity contribution in [1.29, 1.82) is 0 Å². The summed E-state index contributed by atoms with van der Waals surface area (Å²) in [5, 5.41) is 10.6. The summed E-state index contributed by atoms with van der Waals surface area (Å²) in [6, 6.07) is 15.2. The zero-order valence-corrected chi connectivity index (χ0v) is 30.2. The molecule has 0 radical (unpaired) electrons. The first-order chi connectivity index (χ1) is 23.4. The second-order valence-electron chi connectivity index (χ2n) is 12.9. The molecule has 2 aliphatic rings. The lowest BCUT2D eigenvalue weighted by Gasteiger charge is -2.15. The summed E-state index contributed by atoms with van der Waals surface area (Å²) in [7, 11) is 0. The molecule has 6 rings (SSSR count). The number of nitrogens with one attached hydrogen (secondary N) is 2. The van der Waals surface area contributed by atoms with Crippen LogP contribution in [0.4, 0.5) is 0 Å². The van der Waals surface area contributed by atoms with Gasteiger partial charge >= 0.3 is 0 Å². The molecule has 2 aliphatic heterocycles. The van der Waals surface area contributed by atoms with Crippen molar-refractivity contribution in [2.24, 2.45) is 0 Å². The fourth-order valence-corrected chi connectivity index (χ4v) is 8.35. The number of fused-ring (bicyclic) bond motifs is 8. The molecule has 4 aromatic rings. The molecule has 0 fully saturated rings. The van der Waals surface area contributed by atoms with E-state index >= 15 is 0 Å². The van der Waals surface area contributed by atoms with E-state index in [-0.39, 0.29) is 6.61 Å². The minimum absolute atomic E-state index is 0.0461. The van der Waals surface area contributed by atoms with Crippen molar-refractivity contribution >= 4 is 44.4 Å². The summed E-state index contributed by atoms with van der Waals surface area (Å²) in [4.78, 5) is 18.8. The quantitative estimate of drug-likeness (QED) is 0.161. The van der Waals surface area contributed by atoms with Crippen molar-refractivity contribution in [3.63, 3.8) is 0 Å². The zero-order chi connectivity index (χ0) is 34.1. The highest BCUT2D eigenvalue weighted by molar-refractivity contribution is 6.03. The summed E-state index contributed by atoms with van der Waals surface area (Å²) in [6.45, 7) is 18.0. The molecule has 8 bridgehead atoms. The number of aromatic amines is 2. The first-order valence-electron chi connectivity index (χ1n) is 18.4. The number of hydrogen-bond acceptors (Lipinski definition) is 3.